The van der Waals surface area contributed by atoms with Crippen molar-refractivity contribution in [1.29, 1.82) is 0 Å². The zero-order valence-corrected chi connectivity index (χ0v) is 14.4. The van der Waals surface area contributed by atoms with Gasteiger partial charge in [-0.3, -0.25) is 4.79 Å². The van der Waals surface area contributed by atoms with E-state index in [1.807, 2.05) is 44.4 Å². The summed E-state index contributed by atoms with van der Waals surface area (Å²) in [5, 5.41) is 2.99. The fraction of sp³-hybridized carbons (Fsp3) is 0.300. The second-order valence-electron chi connectivity index (χ2n) is 6.50. The number of amides is 1. The zero-order valence-electron chi connectivity index (χ0n) is 14.4. The first-order valence-corrected chi connectivity index (χ1v) is 8.32. The summed E-state index contributed by atoms with van der Waals surface area (Å²) in [4.78, 5) is 16.9. The van der Waals surface area contributed by atoms with Crippen LogP contribution in [0.5, 0.6) is 0 Å². The number of carbonyl (C=O) groups excluding carboxylic acids is 1. The number of rotatable bonds is 5. The number of hydrogen-bond acceptors (Lipinski definition) is 2. The molecule has 1 N–H and O–H groups in total. The Labute approximate surface area is 142 Å². The van der Waals surface area contributed by atoms with Crippen LogP contribution < -0.4 is 5.32 Å². The molecule has 0 radical (unpaired) electrons. The highest BCUT2D eigenvalue weighted by Gasteiger charge is 2.22. The van der Waals surface area contributed by atoms with Gasteiger partial charge >= 0.3 is 0 Å². The molecule has 1 atom stereocenters. The molecule has 24 heavy (non-hydrogen) atoms. The highest BCUT2D eigenvalue weighted by molar-refractivity contribution is 5.77. The molecule has 0 bridgehead atoms. The Morgan fingerprint density at radius 2 is 1.96 bits per heavy atom. The number of aromatic nitrogens is 2. The molecule has 0 aliphatic carbocycles. The van der Waals surface area contributed by atoms with Gasteiger partial charge in [0.2, 0.25) is 5.91 Å². The Morgan fingerprint density at radius 1 is 1.21 bits per heavy atom. The van der Waals surface area contributed by atoms with Gasteiger partial charge in [-0.25, -0.2) is 4.98 Å². The van der Waals surface area contributed by atoms with Crippen LogP contribution in [-0.2, 0) is 4.79 Å². The molecule has 0 aliphatic rings. The average Bonchev–Trinajstić information content (AvgIpc) is 2.95. The third-order valence-corrected chi connectivity index (χ3v) is 4.10. The van der Waals surface area contributed by atoms with Gasteiger partial charge in [0.25, 0.3) is 0 Å². The number of nitrogens with zero attached hydrogens (tertiary/aromatic N) is 2. The van der Waals surface area contributed by atoms with E-state index in [1.165, 1.54) is 5.56 Å². The number of aryl methyl sites for hydroxylation is 1. The quantitative estimate of drug-likeness (QED) is 0.779. The second kappa shape index (κ2) is 6.87. The largest absolute Gasteiger partial charge is 0.354 e. The fourth-order valence-corrected chi connectivity index (χ4v) is 3.00. The van der Waals surface area contributed by atoms with Crippen molar-refractivity contribution in [1.82, 2.24) is 14.7 Å². The van der Waals surface area contributed by atoms with Crippen molar-refractivity contribution in [3.8, 4) is 0 Å². The summed E-state index contributed by atoms with van der Waals surface area (Å²) in [6.45, 7) is 6.01. The van der Waals surface area contributed by atoms with Crippen molar-refractivity contribution in [3.05, 3.63) is 71.7 Å². The summed E-state index contributed by atoms with van der Waals surface area (Å²) >= 11 is 0. The minimum absolute atomic E-state index is 0.0253. The predicted molar refractivity (Wildman–Crippen MR) is 96.1 cm³/mol. The summed E-state index contributed by atoms with van der Waals surface area (Å²) < 4.78 is 2.08. The number of benzene rings is 1. The van der Waals surface area contributed by atoms with Crippen molar-refractivity contribution in [2.75, 3.05) is 0 Å². The lowest BCUT2D eigenvalue weighted by molar-refractivity contribution is -0.121. The number of carbonyl (C=O) groups is 1. The molecule has 4 heteroatoms. The number of nitrogens with one attached hydrogen (secondary N) is 1. The first-order chi connectivity index (χ1) is 11.5. The predicted octanol–water partition coefficient (Wildman–Crippen LogP) is 3.69. The Morgan fingerprint density at radius 3 is 2.67 bits per heavy atom. The van der Waals surface area contributed by atoms with Crippen LogP contribution in [0, 0.1) is 6.92 Å². The van der Waals surface area contributed by atoms with Gasteiger partial charge in [-0.1, -0.05) is 30.3 Å². The van der Waals surface area contributed by atoms with E-state index in [-0.39, 0.29) is 17.9 Å². The maximum atomic E-state index is 12.4. The van der Waals surface area contributed by atoms with Crippen LogP contribution in [0.25, 0.3) is 5.65 Å². The number of imidazole rings is 1. The standard InChI is InChI=1S/C20H23N3O/c1-14(2)22-20(24)12-17(16-7-5-4-6-8-16)18-13-21-19-11-15(3)9-10-23(18)19/h4-11,13-14,17H,12H2,1-3H3,(H,22,24). The van der Waals surface area contributed by atoms with E-state index in [0.717, 1.165) is 16.9 Å². The minimum atomic E-state index is -0.0253. The van der Waals surface area contributed by atoms with Crippen LogP contribution in [-0.4, -0.2) is 21.3 Å². The summed E-state index contributed by atoms with van der Waals surface area (Å²) in [6.07, 6.45) is 4.32. The maximum absolute atomic E-state index is 12.4. The van der Waals surface area contributed by atoms with E-state index in [0.29, 0.717) is 6.42 Å². The molecule has 2 aromatic heterocycles. The summed E-state index contributed by atoms with van der Waals surface area (Å²) in [5.74, 6) is 0.0311. The van der Waals surface area contributed by atoms with Gasteiger partial charge in [0.15, 0.2) is 0 Å². The van der Waals surface area contributed by atoms with Gasteiger partial charge in [-0.05, 0) is 44.0 Å². The van der Waals surface area contributed by atoms with Crippen molar-refractivity contribution in [2.45, 2.75) is 39.2 Å². The number of pyridine rings is 1. The van der Waals surface area contributed by atoms with Gasteiger partial charge in [0.05, 0.1) is 5.69 Å². The first-order valence-electron chi connectivity index (χ1n) is 8.32. The molecule has 1 unspecified atom stereocenters. The Kier molecular flexibility index (Phi) is 4.65. The fourth-order valence-electron chi connectivity index (χ4n) is 3.00. The molecule has 1 aromatic carbocycles. The molecular weight excluding hydrogens is 298 g/mol. The van der Waals surface area contributed by atoms with E-state index in [2.05, 4.69) is 45.9 Å². The maximum Gasteiger partial charge on any atom is 0.221 e. The lowest BCUT2D eigenvalue weighted by Gasteiger charge is -2.18. The van der Waals surface area contributed by atoms with Crippen LogP contribution in [0.2, 0.25) is 0 Å². The summed E-state index contributed by atoms with van der Waals surface area (Å²) in [5.41, 5.74) is 4.25. The van der Waals surface area contributed by atoms with Crippen molar-refractivity contribution in [3.63, 3.8) is 0 Å². The van der Waals surface area contributed by atoms with Crippen LogP contribution in [0.15, 0.2) is 54.9 Å². The van der Waals surface area contributed by atoms with Crippen LogP contribution >= 0.6 is 0 Å². The lowest BCUT2D eigenvalue weighted by Crippen LogP contribution is -2.31. The Bertz CT molecular complexity index is 836. The van der Waals surface area contributed by atoms with Crippen molar-refractivity contribution < 1.29 is 4.79 Å². The summed E-state index contributed by atoms with van der Waals surface area (Å²) in [6, 6.07) is 14.4. The van der Waals surface area contributed by atoms with E-state index in [4.69, 9.17) is 0 Å². The minimum Gasteiger partial charge on any atom is -0.354 e. The molecule has 4 nitrogen and oxygen atoms in total. The van der Waals surface area contributed by atoms with Gasteiger partial charge in [-0.15, -0.1) is 0 Å². The Hall–Kier alpha value is -2.62. The average molecular weight is 321 g/mol. The molecule has 0 aliphatic heterocycles. The molecule has 0 saturated heterocycles. The monoisotopic (exact) mass is 321 g/mol. The van der Waals surface area contributed by atoms with Gasteiger partial charge in [0, 0.05) is 30.8 Å². The third-order valence-electron chi connectivity index (χ3n) is 4.10. The topological polar surface area (TPSA) is 46.4 Å². The van der Waals surface area contributed by atoms with Crippen molar-refractivity contribution in [2.24, 2.45) is 0 Å². The summed E-state index contributed by atoms with van der Waals surface area (Å²) in [7, 11) is 0. The second-order valence-corrected chi connectivity index (χ2v) is 6.50. The smallest absolute Gasteiger partial charge is 0.221 e. The number of fused-ring (bicyclic) bond motifs is 1. The van der Waals surface area contributed by atoms with Crippen LogP contribution in [0.1, 0.15) is 43.0 Å². The molecule has 124 valence electrons. The van der Waals surface area contributed by atoms with Gasteiger partial charge < -0.3 is 9.72 Å². The van der Waals surface area contributed by atoms with Crippen LogP contribution in [0.3, 0.4) is 0 Å². The van der Waals surface area contributed by atoms with E-state index in [9.17, 15) is 4.79 Å². The molecular formula is C20H23N3O. The van der Waals surface area contributed by atoms with Gasteiger partial charge in [-0.2, -0.15) is 0 Å². The highest BCUT2D eigenvalue weighted by atomic mass is 16.1. The van der Waals surface area contributed by atoms with Crippen LogP contribution in [0.4, 0.5) is 0 Å². The van der Waals surface area contributed by atoms with E-state index >= 15 is 0 Å². The molecule has 3 aromatic rings. The normalized spacial score (nSPS) is 12.5. The third kappa shape index (κ3) is 3.48. The van der Waals surface area contributed by atoms with E-state index < -0.39 is 0 Å². The molecule has 0 saturated carbocycles. The molecule has 0 spiro atoms. The zero-order chi connectivity index (χ0) is 17.1. The lowest BCUT2D eigenvalue weighted by atomic mass is 9.92. The molecule has 2 heterocycles. The SMILES string of the molecule is Cc1ccn2c(C(CC(=O)NC(C)C)c3ccccc3)cnc2c1. The Balaban J connectivity index is 2.01. The number of hydrogen-bond donors (Lipinski definition) is 1. The first kappa shape index (κ1) is 16.2. The molecule has 0 fully saturated rings. The van der Waals surface area contributed by atoms with E-state index in [1.54, 1.807) is 0 Å². The molecule has 1 amide bonds. The van der Waals surface area contributed by atoms with Gasteiger partial charge in [0.1, 0.15) is 5.65 Å². The molecule has 3 rings (SSSR count). The highest BCUT2D eigenvalue weighted by Crippen LogP contribution is 2.28. The van der Waals surface area contributed by atoms with Crippen molar-refractivity contribution >= 4 is 11.6 Å².